The van der Waals surface area contributed by atoms with Crippen LogP contribution in [-0.2, 0) is 4.74 Å². The number of nitrogens with zero attached hydrogens (tertiary/aromatic N) is 3. The van der Waals surface area contributed by atoms with E-state index >= 15 is 0 Å². The fourth-order valence-corrected chi connectivity index (χ4v) is 3.48. The van der Waals surface area contributed by atoms with Gasteiger partial charge in [-0.05, 0) is 31.4 Å². The number of hydrogen-bond acceptors (Lipinski definition) is 5. The minimum absolute atomic E-state index is 0.327. The molecular formula is C21H26N4O. The molecule has 1 saturated heterocycles. The largest absolute Gasteiger partial charge is 0.378 e. The van der Waals surface area contributed by atoms with E-state index in [0.717, 1.165) is 50.7 Å². The van der Waals surface area contributed by atoms with Gasteiger partial charge in [-0.2, -0.15) is 0 Å². The summed E-state index contributed by atoms with van der Waals surface area (Å²) in [6.07, 6.45) is 4.07. The summed E-state index contributed by atoms with van der Waals surface area (Å²) in [7, 11) is 0. The predicted molar refractivity (Wildman–Crippen MR) is 105 cm³/mol. The van der Waals surface area contributed by atoms with Gasteiger partial charge in [-0.3, -0.25) is 4.99 Å². The minimum atomic E-state index is 0.327. The number of anilines is 1. The monoisotopic (exact) mass is 350 g/mol. The number of nitrogens with one attached hydrogen (secondary N) is 1. The Labute approximate surface area is 155 Å². The van der Waals surface area contributed by atoms with Crippen LogP contribution in [0.1, 0.15) is 31.4 Å². The molecule has 0 spiro atoms. The van der Waals surface area contributed by atoms with Crippen molar-refractivity contribution in [3.63, 3.8) is 0 Å². The quantitative estimate of drug-likeness (QED) is 0.897. The molecule has 136 valence electrons. The van der Waals surface area contributed by atoms with E-state index in [1.165, 1.54) is 11.3 Å². The number of rotatable bonds is 5. The highest BCUT2D eigenvalue weighted by Gasteiger charge is 2.27. The molecule has 5 nitrogen and oxygen atoms in total. The van der Waals surface area contributed by atoms with Gasteiger partial charge in [-0.15, -0.1) is 0 Å². The van der Waals surface area contributed by atoms with E-state index < -0.39 is 0 Å². The minimum Gasteiger partial charge on any atom is -0.378 e. The van der Waals surface area contributed by atoms with Crippen LogP contribution in [-0.4, -0.2) is 43.0 Å². The lowest BCUT2D eigenvalue weighted by Gasteiger charge is -2.32. The first-order valence-electron chi connectivity index (χ1n) is 9.47. The number of benzene rings is 1. The van der Waals surface area contributed by atoms with Crippen LogP contribution in [0.15, 0.2) is 53.7 Å². The van der Waals surface area contributed by atoms with E-state index in [0.29, 0.717) is 12.1 Å². The second-order valence-corrected chi connectivity index (χ2v) is 6.97. The van der Waals surface area contributed by atoms with E-state index in [9.17, 15) is 0 Å². The molecule has 1 N–H and O–H groups in total. The molecule has 2 atom stereocenters. The van der Waals surface area contributed by atoms with Crippen LogP contribution in [0.4, 0.5) is 11.5 Å². The zero-order chi connectivity index (χ0) is 17.8. The van der Waals surface area contributed by atoms with Crippen LogP contribution in [0.5, 0.6) is 0 Å². The highest BCUT2D eigenvalue weighted by Crippen LogP contribution is 2.26. The van der Waals surface area contributed by atoms with Crippen LogP contribution in [0.3, 0.4) is 0 Å². The lowest BCUT2D eigenvalue weighted by Crippen LogP contribution is -2.45. The standard InChI is InChI=1S/C21H26N4O/c1-16(17-5-3-2-4-6-17)23-19-7-8-20(19)24-18-9-10-22-21(15-18)25-11-13-26-14-12-25/h2-6,9-10,15-16,19,23H,7-8,11-14H2,1H3/t16-,19?/m1/s1. The topological polar surface area (TPSA) is 49.8 Å². The molecule has 0 radical (unpaired) electrons. The molecular weight excluding hydrogens is 324 g/mol. The fourth-order valence-electron chi connectivity index (χ4n) is 3.48. The first-order chi connectivity index (χ1) is 12.8. The van der Waals surface area contributed by atoms with Gasteiger partial charge >= 0.3 is 0 Å². The number of hydrogen-bond donors (Lipinski definition) is 1. The smallest absolute Gasteiger partial charge is 0.130 e. The van der Waals surface area contributed by atoms with E-state index in [1.54, 1.807) is 0 Å². The third kappa shape index (κ3) is 3.94. The van der Waals surface area contributed by atoms with Crippen molar-refractivity contribution in [1.82, 2.24) is 10.3 Å². The summed E-state index contributed by atoms with van der Waals surface area (Å²) in [4.78, 5) is 11.7. The summed E-state index contributed by atoms with van der Waals surface area (Å²) in [6, 6.07) is 15.4. The average molecular weight is 350 g/mol. The molecule has 1 aromatic carbocycles. The van der Waals surface area contributed by atoms with Gasteiger partial charge in [-0.25, -0.2) is 4.98 Å². The maximum absolute atomic E-state index is 5.42. The highest BCUT2D eigenvalue weighted by atomic mass is 16.5. The normalized spacial score (nSPS) is 22.9. The summed E-state index contributed by atoms with van der Waals surface area (Å²) < 4.78 is 5.42. The van der Waals surface area contributed by atoms with Crippen LogP contribution in [0.2, 0.25) is 0 Å². The molecule has 1 aliphatic carbocycles. The third-order valence-electron chi connectivity index (χ3n) is 5.18. The van der Waals surface area contributed by atoms with E-state index in [1.807, 2.05) is 12.3 Å². The highest BCUT2D eigenvalue weighted by molar-refractivity contribution is 5.96. The Balaban J connectivity index is 1.43. The predicted octanol–water partition coefficient (Wildman–Crippen LogP) is 3.50. The zero-order valence-corrected chi connectivity index (χ0v) is 15.3. The molecule has 1 aliphatic heterocycles. The number of ether oxygens (including phenoxy) is 1. The Morgan fingerprint density at radius 2 is 2.00 bits per heavy atom. The van der Waals surface area contributed by atoms with Gasteiger partial charge in [0.1, 0.15) is 5.82 Å². The number of morpholine rings is 1. The van der Waals surface area contributed by atoms with Gasteiger partial charge in [0, 0.05) is 43.1 Å². The van der Waals surface area contributed by atoms with Crippen molar-refractivity contribution >= 4 is 17.2 Å². The number of pyridine rings is 1. The van der Waals surface area contributed by atoms with Crippen molar-refractivity contribution in [1.29, 1.82) is 0 Å². The van der Waals surface area contributed by atoms with Gasteiger partial charge < -0.3 is 15.0 Å². The van der Waals surface area contributed by atoms with Crippen molar-refractivity contribution in [3.05, 3.63) is 54.2 Å². The van der Waals surface area contributed by atoms with Gasteiger partial charge in [0.15, 0.2) is 0 Å². The SMILES string of the molecule is C[C@@H](NC1CCC1=Nc1ccnc(N2CCOCC2)c1)c1ccccc1. The number of aromatic nitrogens is 1. The first kappa shape index (κ1) is 17.2. The lowest BCUT2D eigenvalue weighted by molar-refractivity contribution is 0.122. The van der Waals surface area contributed by atoms with Gasteiger partial charge in [0.25, 0.3) is 0 Å². The van der Waals surface area contributed by atoms with E-state index in [2.05, 4.69) is 58.5 Å². The van der Waals surface area contributed by atoms with Crippen LogP contribution < -0.4 is 10.2 Å². The lowest BCUT2D eigenvalue weighted by atomic mass is 9.88. The Morgan fingerprint density at radius 3 is 2.73 bits per heavy atom. The van der Waals surface area contributed by atoms with Gasteiger partial charge in [0.2, 0.25) is 0 Å². The maximum Gasteiger partial charge on any atom is 0.130 e. The molecule has 1 aromatic heterocycles. The Bertz CT molecular complexity index is 756. The van der Waals surface area contributed by atoms with Crippen molar-refractivity contribution in [2.24, 2.45) is 4.99 Å². The summed E-state index contributed by atoms with van der Waals surface area (Å²) in [5.74, 6) is 0.997. The Kier molecular flexibility index (Phi) is 5.27. The Morgan fingerprint density at radius 1 is 1.19 bits per heavy atom. The fraction of sp³-hybridized carbons (Fsp3) is 0.429. The van der Waals surface area contributed by atoms with Crippen molar-refractivity contribution in [2.75, 3.05) is 31.2 Å². The number of aliphatic imine (C=N–C) groups is 1. The molecule has 5 heteroatoms. The van der Waals surface area contributed by atoms with Crippen LogP contribution in [0.25, 0.3) is 0 Å². The van der Waals surface area contributed by atoms with Crippen LogP contribution in [0, 0.1) is 0 Å². The van der Waals surface area contributed by atoms with E-state index in [-0.39, 0.29) is 0 Å². The van der Waals surface area contributed by atoms with Gasteiger partial charge in [0.05, 0.1) is 18.9 Å². The van der Waals surface area contributed by atoms with E-state index in [4.69, 9.17) is 9.73 Å². The summed E-state index contributed by atoms with van der Waals surface area (Å²) in [5.41, 5.74) is 3.56. The molecule has 0 bridgehead atoms. The summed E-state index contributed by atoms with van der Waals surface area (Å²) in [5, 5.41) is 3.71. The first-order valence-corrected chi connectivity index (χ1v) is 9.47. The summed E-state index contributed by atoms with van der Waals surface area (Å²) >= 11 is 0. The summed E-state index contributed by atoms with van der Waals surface area (Å²) in [6.45, 7) is 5.54. The molecule has 1 unspecified atom stereocenters. The maximum atomic E-state index is 5.42. The third-order valence-corrected chi connectivity index (χ3v) is 5.18. The molecule has 2 fully saturated rings. The Hall–Kier alpha value is -2.24. The zero-order valence-electron chi connectivity index (χ0n) is 15.3. The molecule has 2 aliphatic rings. The molecule has 0 amide bonds. The van der Waals surface area contributed by atoms with Crippen molar-refractivity contribution in [2.45, 2.75) is 31.8 Å². The molecule has 2 heterocycles. The molecule has 1 saturated carbocycles. The van der Waals surface area contributed by atoms with Crippen molar-refractivity contribution < 1.29 is 4.74 Å². The van der Waals surface area contributed by atoms with Gasteiger partial charge in [-0.1, -0.05) is 30.3 Å². The second kappa shape index (κ2) is 7.98. The average Bonchev–Trinajstić information content (AvgIpc) is 2.71. The second-order valence-electron chi connectivity index (χ2n) is 6.97. The molecule has 26 heavy (non-hydrogen) atoms. The van der Waals surface area contributed by atoms with Crippen molar-refractivity contribution in [3.8, 4) is 0 Å². The van der Waals surface area contributed by atoms with Crippen LogP contribution >= 0.6 is 0 Å². The molecule has 2 aromatic rings. The molecule has 4 rings (SSSR count).